The van der Waals surface area contributed by atoms with Crippen molar-refractivity contribution in [3.05, 3.63) is 0 Å². The second-order valence-electron chi connectivity index (χ2n) is 4.69. The second kappa shape index (κ2) is 6.62. The van der Waals surface area contributed by atoms with Gasteiger partial charge in [0.05, 0.1) is 0 Å². The maximum atomic E-state index is 12.2. The van der Waals surface area contributed by atoms with E-state index in [0.29, 0.717) is 6.54 Å². The Kier molecular flexibility index (Phi) is 5.45. The number of amides is 2. The van der Waals surface area contributed by atoms with E-state index in [0.717, 1.165) is 32.1 Å². The van der Waals surface area contributed by atoms with Gasteiger partial charge in [-0.1, -0.05) is 33.6 Å². The monoisotopic (exact) mass is 240 g/mol. The summed E-state index contributed by atoms with van der Waals surface area (Å²) < 4.78 is 0. The first-order valence-corrected chi connectivity index (χ1v) is 6.76. The molecule has 17 heavy (non-hydrogen) atoms. The zero-order chi connectivity index (χ0) is 12.8. The molecule has 98 valence electrons. The highest BCUT2D eigenvalue weighted by atomic mass is 16.2. The highest BCUT2D eigenvalue weighted by Gasteiger charge is 2.38. The van der Waals surface area contributed by atoms with Gasteiger partial charge >= 0.3 is 0 Å². The SMILES string of the molecule is CCCC1NC(=O)C(CCC)N(CCC)C1=O. The summed E-state index contributed by atoms with van der Waals surface area (Å²) in [7, 11) is 0. The molecular weight excluding hydrogens is 216 g/mol. The minimum Gasteiger partial charge on any atom is -0.343 e. The zero-order valence-corrected chi connectivity index (χ0v) is 11.2. The molecule has 1 saturated heterocycles. The summed E-state index contributed by atoms with van der Waals surface area (Å²) in [6, 6.07) is -0.548. The largest absolute Gasteiger partial charge is 0.343 e. The van der Waals surface area contributed by atoms with Crippen LogP contribution in [-0.4, -0.2) is 35.3 Å². The maximum absolute atomic E-state index is 12.2. The predicted molar refractivity (Wildman–Crippen MR) is 67.5 cm³/mol. The number of rotatable bonds is 6. The van der Waals surface area contributed by atoms with Crippen LogP contribution in [0.25, 0.3) is 0 Å². The molecule has 4 nitrogen and oxygen atoms in total. The molecule has 1 fully saturated rings. The Bertz CT molecular complexity index is 279. The van der Waals surface area contributed by atoms with Gasteiger partial charge in [-0.3, -0.25) is 9.59 Å². The van der Waals surface area contributed by atoms with E-state index in [9.17, 15) is 9.59 Å². The van der Waals surface area contributed by atoms with E-state index in [1.165, 1.54) is 0 Å². The Labute approximate surface area is 104 Å². The molecule has 0 bridgehead atoms. The van der Waals surface area contributed by atoms with Gasteiger partial charge in [-0.05, 0) is 19.3 Å². The number of piperazine rings is 1. The molecule has 1 rings (SSSR count). The number of hydrogen-bond acceptors (Lipinski definition) is 2. The van der Waals surface area contributed by atoms with E-state index in [4.69, 9.17) is 0 Å². The average Bonchev–Trinajstić information content (AvgIpc) is 2.30. The molecular formula is C13H24N2O2. The first kappa shape index (κ1) is 14.0. The van der Waals surface area contributed by atoms with Crippen molar-refractivity contribution in [2.75, 3.05) is 6.54 Å². The fourth-order valence-electron chi connectivity index (χ4n) is 2.38. The van der Waals surface area contributed by atoms with Gasteiger partial charge in [0.15, 0.2) is 0 Å². The first-order chi connectivity index (χ1) is 8.15. The van der Waals surface area contributed by atoms with Gasteiger partial charge in [-0.25, -0.2) is 0 Å². The lowest BCUT2D eigenvalue weighted by Gasteiger charge is -2.39. The summed E-state index contributed by atoms with van der Waals surface area (Å²) in [5, 5.41) is 2.86. The topological polar surface area (TPSA) is 49.4 Å². The molecule has 0 aliphatic carbocycles. The van der Waals surface area contributed by atoms with E-state index >= 15 is 0 Å². The third kappa shape index (κ3) is 3.20. The van der Waals surface area contributed by atoms with Crippen LogP contribution in [0.3, 0.4) is 0 Å². The number of carbonyl (C=O) groups is 2. The standard InChI is InChI=1S/C13H24N2O2/c1-4-7-10-13(17)15(9-6-3)11(8-5-2)12(16)14-10/h10-11H,4-9H2,1-3H3,(H,14,16). The van der Waals surface area contributed by atoms with E-state index < -0.39 is 0 Å². The van der Waals surface area contributed by atoms with Crippen LogP contribution in [0.5, 0.6) is 0 Å². The lowest BCUT2D eigenvalue weighted by Crippen LogP contribution is -2.63. The molecule has 1 aliphatic rings. The van der Waals surface area contributed by atoms with Crippen molar-refractivity contribution in [2.24, 2.45) is 0 Å². The van der Waals surface area contributed by atoms with E-state index in [2.05, 4.69) is 5.32 Å². The average molecular weight is 240 g/mol. The highest BCUT2D eigenvalue weighted by molar-refractivity contribution is 5.96. The summed E-state index contributed by atoms with van der Waals surface area (Å²) in [6.45, 7) is 6.80. The number of nitrogens with zero attached hydrogens (tertiary/aromatic N) is 1. The predicted octanol–water partition coefficient (Wildman–Crippen LogP) is 1.69. The highest BCUT2D eigenvalue weighted by Crippen LogP contribution is 2.17. The quantitative estimate of drug-likeness (QED) is 0.768. The summed E-state index contributed by atoms with van der Waals surface area (Å²) in [4.78, 5) is 26.0. The summed E-state index contributed by atoms with van der Waals surface area (Å²) in [5.41, 5.74) is 0. The maximum Gasteiger partial charge on any atom is 0.245 e. The van der Waals surface area contributed by atoms with Gasteiger partial charge in [-0.2, -0.15) is 0 Å². The van der Waals surface area contributed by atoms with Crippen LogP contribution in [0, 0.1) is 0 Å². The third-order valence-electron chi connectivity index (χ3n) is 3.18. The molecule has 1 heterocycles. The minimum atomic E-state index is -0.299. The van der Waals surface area contributed by atoms with Crippen molar-refractivity contribution >= 4 is 11.8 Å². The van der Waals surface area contributed by atoms with Crippen molar-refractivity contribution < 1.29 is 9.59 Å². The van der Waals surface area contributed by atoms with Crippen LogP contribution in [0.1, 0.15) is 52.9 Å². The van der Waals surface area contributed by atoms with Crippen LogP contribution in [-0.2, 0) is 9.59 Å². The second-order valence-corrected chi connectivity index (χ2v) is 4.69. The number of hydrogen-bond donors (Lipinski definition) is 1. The van der Waals surface area contributed by atoms with E-state index in [1.54, 1.807) is 4.90 Å². The third-order valence-corrected chi connectivity index (χ3v) is 3.18. The van der Waals surface area contributed by atoms with E-state index in [1.807, 2.05) is 20.8 Å². The van der Waals surface area contributed by atoms with Gasteiger partial charge in [0, 0.05) is 6.54 Å². The zero-order valence-electron chi connectivity index (χ0n) is 11.2. The molecule has 2 unspecified atom stereocenters. The molecule has 2 amide bonds. The molecule has 0 aromatic rings. The van der Waals surface area contributed by atoms with Gasteiger partial charge in [-0.15, -0.1) is 0 Å². The Morgan fingerprint density at radius 3 is 2.24 bits per heavy atom. The van der Waals surface area contributed by atoms with Crippen LogP contribution in [0.4, 0.5) is 0 Å². The molecule has 0 aromatic carbocycles. The number of carbonyl (C=O) groups excluding carboxylic acids is 2. The lowest BCUT2D eigenvalue weighted by atomic mass is 10.0. The lowest BCUT2D eigenvalue weighted by molar-refractivity contribution is -0.149. The van der Waals surface area contributed by atoms with Gasteiger partial charge in [0.25, 0.3) is 0 Å². The Morgan fingerprint density at radius 2 is 1.71 bits per heavy atom. The Morgan fingerprint density at radius 1 is 1.06 bits per heavy atom. The summed E-state index contributed by atoms with van der Waals surface area (Å²) in [5.74, 6) is 0.130. The fraction of sp³-hybridized carbons (Fsp3) is 0.846. The van der Waals surface area contributed by atoms with Crippen molar-refractivity contribution in [2.45, 2.75) is 65.0 Å². The molecule has 0 radical (unpaired) electrons. The molecule has 4 heteroatoms. The molecule has 1 N–H and O–H groups in total. The minimum absolute atomic E-state index is 0.0263. The van der Waals surface area contributed by atoms with Gasteiger partial charge < -0.3 is 10.2 Å². The number of nitrogens with one attached hydrogen (secondary N) is 1. The molecule has 0 aromatic heterocycles. The van der Waals surface area contributed by atoms with Crippen LogP contribution in [0.2, 0.25) is 0 Å². The molecule has 0 saturated carbocycles. The molecule has 2 atom stereocenters. The molecule has 1 aliphatic heterocycles. The summed E-state index contributed by atoms with van der Waals surface area (Å²) in [6.07, 6.45) is 4.23. The van der Waals surface area contributed by atoms with Crippen molar-refractivity contribution in [1.82, 2.24) is 10.2 Å². The Hall–Kier alpha value is -1.06. The van der Waals surface area contributed by atoms with Crippen LogP contribution < -0.4 is 5.32 Å². The van der Waals surface area contributed by atoms with Crippen molar-refractivity contribution in [3.8, 4) is 0 Å². The van der Waals surface area contributed by atoms with E-state index in [-0.39, 0.29) is 23.9 Å². The Balaban J connectivity index is 2.80. The van der Waals surface area contributed by atoms with Crippen molar-refractivity contribution in [3.63, 3.8) is 0 Å². The smallest absolute Gasteiger partial charge is 0.245 e. The van der Waals surface area contributed by atoms with Crippen LogP contribution >= 0.6 is 0 Å². The van der Waals surface area contributed by atoms with Gasteiger partial charge in [0.1, 0.15) is 12.1 Å². The first-order valence-electron chi connectivity index (χ1n) is 6.76. The summed E-state index contributed by atoms with van der Waals surface area (Å²) >= 11 is 0. The fourth-order valence-corrected chi connectivity index (χ4v) is 2.38. The van der Waals surface area contributed by atoms with Gasteiger partial charge in [0.2, 0.25) is 11.8 Å². The van der Waals surface area contributed by atoms with Crippen molar-refractivity contribution in [1.29, 1.82) is 0 Å². The molecule has 0 spiro atoms. The van der Waals surface area contributed by atoms with Crippen LogP contribution in [0.15, 0.2) is 0 Å². The normalized spacial score (nSPS) is 25.0.